The number of pyridine rings is 1. The quantitative estimate of drug-likeness (QED) is 0.180. The van der Waals surface area contributed by atoms with Crippen molar-refractivity contribution in [1.29, 1.82) is 5.26 Å². The van der Waals surface area contributed by atoms with Crippen molar-refractivity contribution in [2.24, 2.45) is 0 Å². The Morgan fingerprint density at radius 1 is 0.978 bits per heavy atom. The Hall–Kier alpha value is -4.30. The van der Waals surface area contributed by atoms with Gasteiger partial charge in [-0.2, -0.15) is 5.26 Å². The summed E-state index contributed by atoms with van der Waals surface area (Å²) in [6.45, 7) is 8.67. The van der Waals surface area contributed by atoms with Gasteiger partial charge in [0.15, 0.2) is 11.6 Å². The van der Waals surface area contributed by atoms with Gasteiger partial charge < -0.3 is 10.6 Å². The molecule has 0 unspecified atom stereocenters. The Balaban J connectivity index is 1.38. The molecule has 1 aliphatic heterocycles. The number of nitriles is 1. The second-order valence-electron chi connectivity index (χ2n) is 12.4. The summed E-state index contributed by atoms with van der Waals surface area (Å²) < 4.78 is 29.6. The van der Waals surface area contributed by atoms with Crippen LogP contribution in [0.3, 0.4) is 0 Å². The molecule has 236 valence electrons. The summed E-state index contributed by atoms with van der Waals surface area (Å²) in [6.07, 6.45) is 5.35. The number of nitrogens with one attached hydrogen (secondary N) is 2. The lowest BCUT2D eigenvalue weighted by atomic mass is 9.98. The predicted molar refractivity (Wildman–Crippen MR) is 178 cm³/mol. The molecule has 1 fully saturated rings. The van der Waals surface area contributed by atoms with Gasteiger partial charge >= 0.3 is 0 Å². The number of hydrogen-bond acceptors (Lipinski definition) is 7. The van der Waals surface area contributed by atoms with E-state index in [0.29, 0.717) is 38.0 Å². The molecule has 3 heterocycles. The number of benzene rings is 3. The number of likely N-dealkylation sites (tertiary alicyclic amines) is 1. The monoisotopic (exact) mass is 660 g/mol. The number of piperidine rings is 1. The van der Waals surface area contributed by atoms with Crippen LogP contribution in [0.4, 0.5) is 25.8 Å². The van der Waals surface area contributed by atoms with Crippen LogP contribution in [-0.4, -0.2) is 43.5 Å². The highest BCUT2D eigenvalue weighted by molar-refractivity contribution is 6.32. The van der Waals surface area contributed by atoms with Crippen LogP contribution >= 0.6 is 23.2 Å². The molecule has 12 heteroatoms. The van der Waals surface area contributed by atoms with Crippen LogP contribution in [0.25, 0.3) is 10.9 Å². The molecule has 0 bridgehead atoms. The summed E-state index contributed by atoms with van der Waals surface area (Å²) in [6, 6.07) is 16.2. The first kappa shape index (κ1) is 31.7. The molecule has 2 N–H and O–H groups in total. The molecule has 2 aromatic heterocycles. The molecule has 1 saturated heterocycles. The molecule has 8 nitrogen and oxygen atoms in total. The number of hydrogen-bond donors (Lipinski definition) is 2. The van der Waals surface area contributed by atoms with Gasteiger partial charge in [-0.1, -0.05) is 40.5 Å². The third-order valence-electron chi connectivity index (χ3n) is 8.36. The largest absolute Gasteiger partial charge is 0.371 e. The Kier molecular flexibility index (Phi) is 8.84. The predicted octanol–water partition coefficient (Wildman–Crippen LogP) is 8.66. The molecule has 3 aromatic carbocycles. The summed E-state index contributed by atoms with van der Waals surface area (Å²) in [7, 11) is 0. The summed E-state index contributed by atoms with van der Waals surface area (Å²) >= 11 is 12.9. The highest BCUT2D eigenvalue weighted by atomic mass is 35.5. The van der Waals surface area contributed by atoms with Crippen LogP contribution in [0.5, 0.6) is 0 Å². The Morgan fingerprint density at radius 3 is 2.39 bits per heavy atom. The maximum atomic E-state index is 14.0. The van der Waals surface area contributed by atoms with Crippen molar-refractivity contribution >= 4 is 51.2 Å². The third-order valence-corrected chi connectivity index (χ3v) is 8.83. The molecule has 0 spiro atoms. The van der Waals surface area contributed by atoms with E-state index in [-0.39, 0.29) is 22.8 Å². The lowest BCUT2D eigenvalue weighted by molar-refractivity contribution is 0.0866. The van der Waals surface area contributed by atoms with Crippen LogP contribution in [-0.2, 0) is 0 Å². The van der Waals surface area contributed by atoms with E-state index in [9.17, 15) is 14.0 Å². The topological polar surface area (TPSA) is 94.7 Å². The van der Waals surface area contributed by atoms with Gasteiger partial charge in [-0.15, -0.1) is 5.10 Å². The lowest BCUT2D eigenvalue weighted by Gasteiger charge is -2.40. The Labute approximate surface area is 275 Å². The van der Waals surface area contributed by atoms with Gasteiger partial charge in [0.05, 0.1) is 40.7 Å². The number of fused-ring (bicyclic) bond motifs is 1. The van der Waals surface area contributed by atoms with Crippen molar-refractivity contribution < 1.29 is 8.78 Å². The molecular formula is C34H32Cl2F2N8. The number of aromatic nitrogens is 4. The molecule has 6 rings (SSSR count). The summed E-state index contributed by atoms with van der Waals surface area (Å²) in [5.74, 6) is -1.98. The molecular weight excluding hydrogens is 629 g/mol. The molecule has 46 heavy (non-hydrogen) atoms. The van der Waals surface area contributed by atoms with Crippen LogP contribution in [0.15, 0.2) is 67.0 Å². The zero-order chi connectivity index (χ0) is 32.6. The third kappa shape index (κ3) is 6.63. The maximum absolute atomic E-state index is 14.0. The van der Waals surface area contributed by atoms with Crippen molar-refractivity contribution in [3.63, 3.8) is 0 Å². The van der Waals surface area contributed by atoms with Gasteiger partial charge in [0, 0.05) is 52.0 Å². The van der Waals surface area contributed by atoms with E-state index in [0.717, 1.165) is 43.6 Å². The fourth-order valence-electron chi connectivity index (χ4n) is 5.86. The molecule has 5 aromatic rings. The van der Waals surface area contributed by atoms with Crippen molar-refractivity contribution in [3.8, 4) is 6.07 Å². The Bertz CT molecular complexity index is 1920. The molecule has 0 saturated carbocycles. The smallest absolute Gasteiger partial charge is 0.160 e. The van der Waals surface area contributed by atoms with Gasteiger partial charge in [0.25, 0.3) is 0 Å². The molecule has 0 aliphatic carbocycles. The van der Waals surface area contributed by atoms with E-state index in [1.165, 1.54) is 12.3 Å². The molecule has 0 amide bonds. The summed E-state index contributed by atoms with van der Waals surface area (Å²) in [4.78, 5) is 7.09. The molecule has 1 atom stereocenters. The first-order chi connectivity index (χ1) is 22.0. The minimum atomic E-state index is -1.01. The molecule has 1 aliphatic rings. The van der Waals surface area contributed by atoms with E-state index < -0.39 is 17.7 Å². The van der Waals surface area contributed by atoms with Crippen molar-refractivity contribution in [3.05, 3.63) is 105 Å². The second kappa shape index (κ2) is 12.8. The van der Waals surface area contributed by atoms with E-state index in [1.807, 2.05) is 35.1 Å². The zero-order valence-corrected chi connectivity index (χ0v) is 27.0. The summed E-state index contributed by atoms with van der Waals surface area (Å²) in [5, 5.41) is 27.2. The zero-order valence-electron chi connectivity index (χ0n) is 25.5. The normalized spacial score (nSPS) is 15.1. The van der Waals surface area contributed by atoms with E-state index in [2.05, 4.69) is 57.7 Å². The highest BCUT2D eigenvalue weighted by Gasteiger charge is 2.29. The van der Waals surface area contributed by atoms with Gasteiger partial charge in [0.2, 0.25) is 0 Å². The Morgan fingerprint density at radius 2 is 1.72 bits per heavy atom. The standard InChI is InChI=1S/C34H32Cl2F2N8/c1-34(2,3)45-12-10-25(11-13-45)46-19-30(43-44-46)32(20-4-6-22(35)7-5-20)42-29-15-23(36)14-26-31(21(17-39)18-40-33(26)29)41-24-8-9-27(37)28(38)16-24/h4-9,14-16,18-19,25,32,42H,10-13H2,1-3H3,(H,40,41)/t32-/m0/s1. The fourth-order valence-corrected chi connectivity index (χ4v) is 6.20. The van der Waals surface area contributed by atoms with Gasteiger partial charge in [-0.05, 0) is 75.6 Å². The van der Waals surface area contributed by atoms with Gasteiger partial charge in [0.1, 0.15) is 11.8 Å². The summed E-state index contributed by atoms with van der Waals surface area (Å²) in [5.41, 5.74) is 3.63. The maximum Gasteiger partial charge on any atom is 0.160 e. The highest BCUT2D eigenvalue weighted by Crippen LogP contribution is 2.38. The van der Waals surface area contributed by atoms with E-state index in [1.54, 1.807) is 12.1 Å². The van der Waals surface area contributed by atoms with E-state index in [4.69, 9.17) is 23.2 Å². The van der Waals surface area contributed by atoms with Gasteiger partial charge in [-0.3, -0.25) is 9.88 Å². The van der Waals surface area contributed by atoms with E-state index >= 15 is 0 Å². The van der Waals surface area contributed by atoms with Crippen LogP contribution in [0.2, 0.25) is 10.0 Å². The van der Waals surface area contributed by atoms with Crippen molar-refractivity contribution in [1.82, 2.24) is 24.9 Å². The minimum Gasteiger partial charge on any atom is -0.371 e. The number of rotatable bonds is 7. The molecule has 0 radical (unpaired) electrons. The fraction of sp³-hybridized carbons (Fsp3) is 0.294. The average molecular weight is 662 g/mol. The van der Waals surface area contributed by atoms with Crippen LogP contribution in [0.1, 0.15) is 62.5 Å². The second-order valence-corrected chi connectivity index (χ2v) is 13.3. The van der Waals surface area contributed by atoms with Crippen LogP contribution < -0.4 is 10.6 Å². The number of anilines is 3. The number of nitrogens with zero attached hydrogens (tertiary/aromatic N) is 6. The average Bonchev–Trinajstić information content (AvgIpc) is 3.52. The van der Waals surface area contributed by atoms with Crippen molar-refractivity contribution in [2.75, 3.05) is 23.7 Å². The first-order valence-corrected chi connectivity index (χ1v) is 15.7. The van der Waals surface area contributed by atoms with Crippen molar-refractivity contribution in [2.45, 2.75) is 51.2 Å². The SMILES string of the molecule is CC(C)(C)N1CCC(n2cc([C@@H](Nc3cc(Cl)cc4c(Nc5ccc(F)c(F)c5)c(C#N)cnc34)c3ccc(Cl)cc3)nn2)CC1. The lowest BCUT2D eigenvalue weighted by Crippen LogP contribution is -2.46. The van der Waals surface area contributed by atoms with Crippen LogP contribution in [0, 0.1) is 23.0 Å². The minimum absolute atomic E-state index is 0.120. The first-order valence-electron chi connectivity index (χ1n) is 14.9. The van der Waals surface area contributed by atoms with Gasteiger partial charge in [-0.25, -0.2) is 13.5 Å². The number of halogens is 4.